The molecule has 2 aromatic rings. The van der Waals surface area contributed by atoms with Crippen molar-refractivity contribution in [3.63, 3.8) is 0 Å². The molecule has 0 spiro atoms. The number of benzene rings is 1. The van der Waals surface area contributed by atoms with Crippen molar-refractivity contribution in [3.8, 4) is 5.75 Å². The molecule has 23 heavy (non-hydrogen) atoms. The number of amides is 1. The van der Waals surface area contributed by atoms with Crippen molar-refractivity contribution >= 4 is 5.91 Å². The molecule has 0 bridgehead atoms. The number of hydrogen-bond acceptors (Lipinski definition) is 3. The predicted molar refractivity (Wildman–Crippen MR) is 87.5 cm³/mol. The number of hydrogen-bond donors (Lipinski definition) is 1. The number of methoxy groups -OCH3 is 1. The van der Waals surface area contributed by atoms with Crippen LogP contribution in [0.15, 0.2) is 36.5 Å². The minimum absolute atomic E-state index is 0.0423. The molecule has 5 nitrogen and oxygen atoms in total. The number of aliphatic hydroxyl groups excluding tert-OH is 1. The van der Waals surface area contributed by atoms with E-state index in [0.717, 1.165) is 16.9 Å². The highest BCUT2D eigenvalue weighted by molar-refractivity contribution is 5.94. The van der Waals surface area contributed by atoms with E-state index in [1.165, 1.54) is 0 Å². The Balaban J connectivity index is 1.95. The van der Waals surface area contributed by atoms with Crippen LogP contribution in [0.2, 0.25) is 0 Å². The molecule has 0 unspecified atom stereocenters. The monoisotopic (exact) mass is 314 g/mol. The number of β-amino-alcohol motifs (C(OH)–C–C–N with tert-alkyl or cyclic N) is 1. The molecule has 1 aromatic heterocycles. The van der Waals surface area contributed by atoms with Gasteiger partial charge in [-0.3, -0.25) is 4.79 Å². The minimum Gasteiger partial charge on any atom is -0.497 e. The maximum absolute atomic E-state index is 13.0. The van der Waals surface area contributed by atoms with Gasteiger partial charge in [-0.1, -0.05) is 12.1 Å². The lowest BCUT2D eigenvalue weighted by Crippen LogP contribution is -2.33. The number of ether oxygens (including phenoxy) is 1. The fourth-order valence-electron chi connectivity index (χ4n) is 3.31. The zero-order valence-electron chi connectivity index (χ0n) is 13.7. The first-order chi connectivity index (χ1) is 11.0. The second-order valence-corrected chi connectivity index (χ2v) is 6.10. The van der Waals surface area contributed by atoms with Gasteiger partial charge in [-0.05, 0) is 42.7 Å². The van der Waals surface area contributed by atoms with Crippen molar-refractivity contribution in [2.45, 2.75) is 25.5 Å². The van der Waals surface area contributed by atoms with E-state index in [0.29, 0.717) is 18.7 Å². The summed E-state index contributed by atoms with van der Waals surface area (Å²) < 4.78 is 7.12. The fourth-order valence-corrected chi connectivity index (χ4v) is 3.31. The highest BCUT2D eigenvalue weighted by atomic mass is 16.5. The zero-order chi connectivity index (χ0) is 16.6. The summed E-state index contributed by atoms with van der Waals surface area (Å²) in [6.07, 6.45) is 1.92. The van der Waals surface area contributed by atoms with Crippen LogP contribution in [0.1, 0.15) is 34.1 Å². The van der Waals surface area contributed by atoms with E-state index in [9.17, 15) is 9.90 Å². The van der Waals surface area contributed by atoms with E-state index in [2.05, 4.69) is 0 Å². The van der Waals surface area contributed by atoms with E-state index in [1.54, 1.807) is 12.0 Å². The second-order valence-electron chi connectivity index (χ2n) is 6.10. The molecular weight excluding hydrogens is 292 g/mol. The molecule has 1 fully saturated rings. The van der Waals surface area contributed by atoms with Gasteiger partial charge in [0.05, 0.1) is 19.3 Å². The fraction of sp³-hybridized carbons (Fsp3) is 0.389. The molecule has 0 radical (unpaired) electrons. The Morgan fingerprint density at radius 1 is 1.35 bits per heavy atom. The van der Waals surface area contributed by atoms with Crippen molar-refractivity contribution in [1.29, 1.82) is 0 Å². The van der Waals surface area contributed by atoms with Crippen LogP contribution in [-0.2, 0) is 7.05 Å². The lowest BCUT2D eigenvalue weighted by molar-refractivity contribution is 0.0705. The Hall–Kier alpha value is -2.27. The number of rotatable bonds is 3. The van der Waals surface area contributed by atoms with Crippen molar-refractivity contribution < 1.29 is 14.6 Å². The zero-order valence-corrected chi connectivity index (χ0v) is 13.7. The maximum Gasteiger partial charge on any atom is 0.271 e. The largest absolute Gasteiger partial charge is 0.497 e. The lowest BCUT2D eigenvalue weighted by Gasteiger charge is -2.25. The highest BCUT2D eigenvalue weighted by Crippen LogP contribution is 2.35. The standard InChI is InChI=1S/C18H22N2O3/c1-12-7-8-19(2)17(12)18(22)20-11-14(21)10-16(20)13-5-4-6-15(9-13)23-3/h4-9,14,16,21H,10-11H2,1-3H3/t14-,16+/m0/s1. The third kappa shape index (κ3) is 2.84. The Morgan fingerprint density at radius 3 is 2.78 bits per heavy atom. The molecule has 1 N–H and O–H groups in total. The summed E-state index contributed by atoms with van der Waals surface area (Å²) in [6.45, 7) is 2.28. The number of nitrogens with zero attached hydrogens (tertiary/aromatic N) is 2. The summed E-state index contributed by atoms with van der Waals surface area (Å²) in [6, 6.07) is 9.49. The van der Waals surface area contributed by atoms with Crippen LogP contribution in [0.3, 0.4) is 0 Å². The summed E-state index contributed by atoms with van der Waals surface area (Å²) in [5.74, 6) is 0.714. The van der Waals surface area contributed by atoms with Crippen LogP contribution >= 0.6 is 0 Å². The van der Waals surface area contributed by atoms with Crippen molar-refractivity contribution in [1.82, 2.24) is 9.47 Å². The van der Waals surface area contributed by atoms with E-state index >= 15 is 0 Å². The highest BCUT2D eigenvalue weighted by Gasteiger charge is 2.37. The second kappa shape index (κ2) is 6.08. The van der Waals surface area contributed by atoms with Gasteiger partial charge >= 0.3 is 0 Å². The van der Waals surface area contributed by atoms with Gasteiger partial charge in [-0.25, -0.2) is 0 Å². The smallest absolute Gasteiger partial charge is 0.271 e. The first-order valence-corrected chi connectivity index (χ1v) is 7.76. The summed E-state index contributed by atoms with van der Waals surface area (Å²) >= 11 is 0. The maximum atomic E-state index is 13.0. The SMILES string of the molecule is COc1cccc([C@H]2C[C@H](O)CN2C(=O)c2c(C)ccn2C)c1. The number of aryl methyl sites for hydroxylation is 2. The number of aromatic nitrogens is 1. The number of carbonyl (C=O) groups excluding carboxylic acids is 1. The molecule has 122 valence electrons. The van der Waals surface area contributed by atoms with Crippen LogP contribution in [0.5, 0.6) is 5.75 Å². The number of likely N-dealkylation sites (tertiary alicyclic amines) is 1. The molecule has 1 aromatic carbocycles. The average Bonchev–Trinajstić information content (AvgIpc) is 3.09. The molecule has 2 heterocycles. The van der Waals surface area contributed by atoms with Crippen LogP contribution in [0.25, 0.3) is 0 Å². The van der Waals surface area contributed by atoms with Crippen LogP contribution in [0, 0.1) is 6.92 Å². The first kappa shape index (κ1) is 15.6. The topological polar surface area (TPSA) is 54.7 Å². The van der Waals surface area contributed by atoms with Gasteiger partial charge in [0.25, 0.3) is 5.91 Å². The molecule has 5 heteroatoms. The first-order valence-electron chi connectivity index (χ1n) is 7.76. The van der Waals surface area contributed by atoms with Gasteiger partial charge < -0.3 is 19.3 Å². The van der Waals surface area contributed by atoms with E-state index < -0.39 is 6.10 Å². The molecular formula is C18H22N2O3. The third-order valence-corrected chi connectivity index (χ3v) is 4.50. The van der Waals surface area contributed by atoms with Gasteiger partial charge in [0.15, 0.2) is 0 Å². The normalized spacial score (nSPS) is 20.8. The Morgan fingerprint density at radius 2 is 2.13 bits per heavy atom. The van der Waals surface area contributed by atoms with Crippen molar-refractivity contribution in [2.75, 3.05) is 13.7 Å². The van der Waals surface area contributed by atoms with Gasteiger partial charge in [-0.15, -0.1) is 0 Å². The molecule has 0 aliphatic carbocycles. The van der Waals surface area contributed by atoms with Crippen molar-refractivity contribution in [2.24, 2.45) is 7.05 Å². The summed E-state index contributed by atoms with van der Waals surface area (Å²) in [5.41, 5.74) is 2.61. The molecule has 1 amide bonds. The van der Waals surface area contributed by atoms with Gasteiger partial charge in [0.2, 0.25) is 0 Å². The average molecular weight is 314 g/mol. The van der Waals surface area contributed by atoms with Crippen LogP contribution in [-0.4, -0.2) is 40.2 Å². The number of carbonyl (C=O) groups is 1. The summed E-state index contributed by atoms with van der Waals surface area (Å²) in [5, 5.41) is 10.1. The number of aliphatic hydroxyl groups is 1. The lowest BCUT2D eigenvalue weighted by atomic mass is 10.0. The molecule has 0 saturated carbocycles. The van der Waals surface area contributed by atoms with Crippen molar-refractivity contribution in [3.05, 3.63) is 53.3 Å². The van der Waals surface area contributed by atoms with E-state index in [1.807, 2.05) is 55.1 Å². The van der Waals surface area contributed by atoms with Crippen LogP contribution in [0.4, 0.5) is 0 Å². The molecule has 1 aliphatic heterocycles. The Labute approximate surface area is 136 Å². The van der Waals surface area contributed by atoms with Gasteiger partial charge in [-0.2, -0.15) is 0 Å². The quantitative estimate of drug-likeness (QED) is 0.946. The summed E-state index contributed by atoms with van der Waals surface area (Å²) in [7, 11) is 3.49. The predicted octanol–water partition coefficient (Wildman–Crippen LogP) is 2.29. The molecule has 3 rings (SSSR count). The van der Waals surface area contributed by atoms with E-state index in [4.69, 9.17) is 4.74 Å². The minimum atomic E-state index is -0.504. The van der Waals surface area contributed by atoms with Gasteiger partial charge in [0, 0.05) is 19.8 Å². The Bertz CT molecular complexity index is 703. The molecule has 1 saturated heterocycles. The van der Waals surface area contributed by atoms with Gasteiger partial charge in [0.1, 0.15) is 11.4 Å². The third-order valence-electron chi connectivity index (χ3n) is 4.50. The molecule has 2 atom stereocenters. The summed E-state index contributed by atoms with van der Waals surface area (Å²) in [4.78, 5) is 14.8. The van der Waals surface area contributed by atoms with E-state index in [-0.39, 0.29) is 11.9 Å². The Kier molecular flexibility index (Phi) is 4.13. The van der Waals surface area contributed by atoms with Crippen LogP contribution < -0.4 is 4.74 Å². The molecule has 1 aliphatic rings.